The van der Waals surface area contributed by atoms with Crippen molar-refractivity contribution in [2.45, 2.75) is 32.9 Å². The van der Waals surface area contributed by atoms with Crippen molar-refractivity contribution in [3.05, 3.63) is 87.2 Å². The van der Waals surface area contributed by atoms with Crippen LogP contribution in [0.4, 0.5) is 11.5 Å². The molecule has 1 aliphatic rings. The molecule has 1 aromatic heterocycles. The molecule has 4 rings (SSSR count). The van der Waals surface area contributed by atoms with Crippen molar-refractivity contribution >= 4 is 29.0 Å². The Labute approximate surface area is 194 Å². The Bertz CT molecular complexity index is 1290. The number of benzene rings is 2. The number of hydrogen-bond acceptors (Lipinski definition) is 8. The zero-order valence-corrected chi connectivity index (χ0v) is 18.6. The van der Waals surface area contributed by atoms with E-state index in [-0.39, 0.29) is 28.9 Å². The third-order valence-corrected chi connectivity index (χ3v) is 5.23. The number of nitrogens with zero attached hydrogens (tertiary/aromatic N) is 3. The molecule has 34 heavy (non-hydrogen) atoms. The number of aliphatic hydroxyl groups excluding tert-OH is 1. The van der Waals surface area contributed by atoms with Crippen LogP contribution in [0, 0.1) is 17.0 Å². The molecule has 10 heteroatoms. The monoisotopic (exact) mass is 463 g/mol. The maximum absolute atomic E-state index is 13.1. The summed E-state index contributed by atoms with van der Waals surface area (Å²) in [6.07, 6.45) is -0.0437. The average molecular weight is 463 g/mol. The predicted octanol–water partition coefficient (Wildman–Crippen LogP) is 4.30. The Kier molecular flexibility index (Phi) is 5.89. The molecule has 1 N–H and O–H groups in total. The average Bonchev–Trinajstić information content (AvgIpc) is 3.34. The lowest BCUT2D eigenvalue weighted by atomic mass is 9.95. The summed E-state index contributed by atoms with van der Waals surface area (Å²) in [6.45, 7) is 5.39. The second kappa shape index (κ2) is 8.81. The van der Waals surface area contributed by atoms with E-state index in [0.717, 1.165) is 4.90 Å². The van der Waals surface area contributed by atoms with Crippen LogP contribution in [0.25, 0.3) is 5.76 Å². The summed E-state index contributed by atoms with van der Waals surface area (Å²) in [7, 11) is 0. The van der Waals surface area contributed by atoms with Crippen molar-refractivity contribution in [3.63, 3.8) is 0 Å². The van der Waals surface area contributed by atoms with E-state index in [0.29, 0.717) is 22.6 Å². The number of nitro benzene ring substituents is 1. The van der Waals surface area contributed by atoms with Gasteiger partial charge in [0.05, 0.1) is 22.6 Å². The van der Waals surface area contributed by atoms with Crippen LogP contribution in [0.3, 0.4) is 0 Å². The highest BCUT2D eigenvalue weighted by atomic mass is 16.6. The highest BCUT2D eigenvalue weighted by Crippen LogP contribution is 2.42. The first-order valence-electron chi connectivity index (χ1n) is 10.4. The minimum atomic E-state index is -1.07. The number of Topliss-reactive ketones (excluding diaryl/α,β-unsaturated/α-hetero) is 1. The van der Waals surface area contributed by atoms with Gasteiger partial charge in [0.1, 0.15) is 17.3 Å². The number of carbonyl (C=O) groups excluding carboxylic acids is 2. The van der Waals surface area contributed by atoms with E-state index >= 15 is 0 Å². The first kappa shape index (κ1) is 22.7. The molecule has 2 aromatic carbocycles. The lowest BCUT2D eigenvalue weighted by Gasteiger charge is -2.22. The van der Waals surface area contributed by atoms with E-state index in [1.165, 1.54) is 30.3 Å². The van der Waals surface area contributed by atoms with Gasteiger partial charge in [0, 0.05) is 23.8 Å². The van der Waals surface area contributed by atoms with Crippen LogP contribution < -0.4 is 9.64 Å². The summed E-state index contributed by atoms with van der Waals surface area (Å²) in [5, 5.41) is 26.1. The van der Waals surface area contributed by atoms with Crippen LogP contribution in [0.15, 0.2) is 64.7 Å². The molecule has 1 aliphatic heterocycles. The fourth-order valence-electron chi connectivity index (χ4n) is 3.75. The molecular formula is C24H21N3O7. The highest BCUT2D eigenvalue weighted by molar-refractivity contribution is 6.51. The number of ketones is 1. The number of nitro groups is 1. The molecule has 1 unspecified atom stereocenters. The number of amides is 1. The van der Waals surface area contributed by atoms with E-state index in [1.54, 1.807) is 31.2 Å². The Morgan fingerprint density at radius 3 is 2.32 bits per heavy atom. The number of aromatic nitrogens is 1. The quantitative estimate of drug-likeness (QED) is 0.188. The summed E-state index contributed by atoms with van der Waals surface area (Å²) < 4.78 is 10.7. The first-order valence-corrected chi connectivity index (χ1v) is 10.4. The van der Waals surface area contributed by atoms with Gasteiger partial charge in [-0.2, -0.15) is 0 Å². The topological polar surface area (TPSA) is 136 Å². The number of anilines is 1. The largest absolute Gasteiger partial charge is 0.507 e. The Hall–Kier alpha value is -4.47. The van der Waals surface area contributed by atoms with Crippen LogP contribution in [0.2, 0.25) is 0 Å². The van der Waals surface area contributed by atoms with Crippen LogP contribution in [-0.4, -0.2) is 33.0 Å². The van der Waals surface area contributed by atoms with E-state index in [9.17, 15) is 24.8 Å². The molecule has 0 aliphatic carbocycles. The van der Waals surface area contributed by atoms with Gasteiger partial charge in [-0.3, -0.25) is 24.6 Å². The highest BCUT2D eigenvalue weighted by Gasteiger charge is 2.48. The van der Waals surface area contributed by atoms with Crippen LogP contribution in [0.5, 0.6) is 5.75 Å². The van der Waals surface area contributed by atoms with Crippen molar-refractivity contribution in [1.29, 1.82) is 0 Å². The minimum absolute atomic E-state index is 0.0437. The van der Waals surface area contributed by atoms with Crippen LogP contribution >= 0.6 is 0 Å². The van der Waals surface area contributed by atoms with Gasteiger partial charge in [-0.1, -0.05) is 5.16 Å². The fraction of sp³-hybridized carbons (Fsp3) is 0.208. The van der Waals surface area contributed by atoms with Crippen molar-refractivity contribution in [1.82, 2.24) is 5.16 Å². The number of ether oxygens (including phenoxy) is 1. The zero-order chi connectivity index (χ0) is 24.6. The molecular weight excluding hydrogens is 442 g/mol. The van der Waals surface area contributed by atoms with E-state index < -0.39 is 22.7 Å². The van der Waals surface area contributed by atoms with Gasteiger partial charge in [-0.15, -0.1) is 0 Å². The van der Waals surface area contributed by atoms with Crippen molar-refractivity contribution in [3.8, 4) is 5.75 Å². The number of carbonyl (C=O) groups is 2. The predicted molar refractivity (Wildman–Crippen MR) is 121 cm³/mol. The number of non-ortho nitro benzene ring substituents is 1. The molecule has 2 heterocycles. The summed E-state index contributed by atoms with van der Waals surface area (Å²) in [4.78, 5) is 37.7. The minimum Gasteiger partial charge on any atom is -0.507 e. The summed E-state index contributed by atoms with van der Waals surface area (Å²) in [6, 6.07) is 12.3. The molecule has 1 fully saturated rings. The zero-order valence-electron chi connectivity index (χ0n) is 18.6. The molecule has 1 saturated heterocycles. The Morgan fingerprint density at radius 1 is 1.15 bits per heavy atom. The summed E-state index contributed by atoms with van der Waals surface area (Å²) >= 11 is 0. The number of aliphatic hydroxyl groups is 1. The van der Waals surface area contributed by atoms with Gasteiger partial charge in [-0.05, 0) is 62.7 Å². The molecule has 0 bridgehead atoms. The number of aryl methyl sites for hydroxylation is 1. The van der Waals surface area contributed by atoms with Gasteiger partial charge >= 0.3 is 5.91 Å². The molecule has 3 aromatic rings. The standard InChI is InChI=1S/C24H21N3O7/c1-13(2)33-18-10-6-16(7-11-18)22(28)20-21(15-4-8-17(9-5-15)27(31)32)26(24(30)23(20)29)19-12-14(3)34-25-19/h4-13,21,28H,1-3H3. The lowest BCUT2D eigenvalue weighted by molar-refractivity contribution is -0.384. The SMILES string of the molecule is Cc1cc(N2C(=O)C(=O)C(=C(O)c3ccc(OC(C)C)cc3)C2c2ccc([N+](=O)[O-])cc2)no1. The first-order chi connectivity index (χ1) is 16.2. The Morgan fingerprint density at radius 2 is 1.79 bits per heavy atom. The molecule has 0 saturated carbocycles. The van der Waals surface area contributed by atoms with Gasteiger partial charge in [-0.25, -0.2) is 0 Å². The van der Waals surface area contributed by atoms with Crippen molar-refractivity contribution in [2.24, 2.45) is 0 Å². The maximum Gasteiger partial charge on any atom is 0.301 e. The van der Waals surface area contributed by atoms with Crippen LogP contribution in [0.1, 0.15) is 36.8 Å². The molecule has 1 amide bonds. The molecule has 0 radical (unpaired) electrons. The van der Waals surface area contributed by atoms with Crippen LogP contribution in [-0.2, 0) is 9.59 Å². The molecule has 174 valence electrons. The maximum atomic E-state index is 13.1. The normalized spacial score (nSPS) is 17.4. The summed E-state index contributed by atoms with van der Waals surface area (Å²) in [5.41, 5.74) is 0.361. The molecule has 10 nitrogen and oxygen atoms in total. The van der Waals surface area contributed by atoms with Gasteiger partial charge in [0.25, 0.3) is 11.5 Å². The van der Waals surface area contributed by atoms with Crippen molar-refractivity contribution in [2.75, 3.05) is 4.90 Å². The molecule has 1 atom stereocenters. The van der Waals surface area contributed by atoms with E-state index in [4.69, 9.17) is 9.26 Å². The van der Waals surface area contributed by atoms with E-state index in [1.807, 2.05) is 13.8 Å². The Balaban J connectivity index is 1.85. The van der Waals surface area contributed by atoms with Gasteiger partial charge in [0.15, 0.2) is 5.82 Å². The third kappa shape index (κ3) is 4.13. The van der Waals surface area contributed by atoms with E-state index in [2.05, 4.69) is 5.16 Å². The second-order valence-electron chi connectivity index (χ2n) is 8.00. The second-order valence-corrected chi connectivity index (χ2v) is 8.00. The summed E-state index contributed by atoms with van der Waals surface area (Å²) in [5.74, 6) is -1.12. The van der Waals surface area contributed by atoms with Gasteiger partial charge < -0.3 is 14.4 Å². The lowest BCUT2D eigenvalue weighted by Crippen LogP contribution is -2.29. The van der Waals surface area contributed by atoms with Crippen molar-refractivity contribution < 1.29 is 28.9 Å². The van der Waals surface area contributed by atoms with Gasteiger partial charge in [0.2, 0.25) is 0 Å². The molecule has 0 spiro atoms. The number of rotatable bonds is 6. The smallest absolute Gasteiger partial charge is 0.301 e. The number of hydrogen-bond donors (Lipinski definition) is 1. The fourth-order valence-corrected chi connectivity index (χ4v) is 3.75. The third-order valence-electron chi connectivity index (χ3n) is 5.23.